The van der Waals surface area contributed by atoms with Crippen LogP contribution in [0.15, 0.2) is 66.2 Å². The first-order valence-corrected chi connectivity index (χ1v) is 10.8. The molecule has 1 heterocycles. The van der Waals surface area contributed by atoms with E-state index in [2.05, 4.69) is 11.4 Å². The summed E-state index contributed by atoms with van der Waals surface area (Å²) < 4.78 is 11.4. The molecule has 0 saturated carbocycles. The van der Waals surface area contributed by atoms with E-state index in [1.54, 1.807) is 18.2 Å². The number of phenolic OH excluding ortho intramolecular Hbond substituents is 1. The number of amides is 4. The first-order valence-electron chi connectivity index (χ1n) is 10.8. The minimum atomic E-state index is -0.865. The van der Waals surface area contributed by atoms with Crippen molar-refractivity contribution in [3.05, 3.63) is 88.5 Å². The number of carbonyl (C=O) groups is 3. The Balaban J connectivity index is 1.58. The molecule has 178 valence electrons. The summed E-state index contributed by atoms with van der Waals surface area (Å²) in [7, 11) is 1.50. The van der Waals surface area contributed by atoms with E-state index in [4.69, 9.17) is 9.47 Å². The number of barbiturate groups is 1. The fraction of sp³-hybridized carbons (Fsp3) is 0.148. The van der Waals surface area contributed by atoms with Gasteiger partial charge in [-0.15, -0.1) is 0 Å². The van der Waals surface area contributed by atoms with Crippen molar-refractivity contribution in [2.24, 2.45) is 0 Å². The van der Waals surface area contributed by atoms with E-state index in [1.165, 1.54) is 48.6 Å². The first kappa shape index (κ1) is 23.6. The van der Waals surface area contributed by atoms with Crippen molar-refractivity contribution in [1.29, 1.82) is 0 Å². The molecule has 0 bridgehead atoms. The summed E-state index contributed by atoms with van der Waals surface area (Å²) >= 11 is 0. The predicted octanol–water partition coefficient (Wildman–Crippen LogP) is 4.26. The minimum absolute atomic E-state index is 0.0163. The summed E-state index contributed by atoms with van der Waals surface area (Å²) in [4.78, 5) is 38.6. The van der Waals surface area contributed by atoms with Crippen LogP contribution in [-0.4, -0.2) is 30.1 Å². The summed E-state index contributed by atoms with van der Waals surface area (Å²) in [6, 6.07) is 15.8. The van der Waals surface area contributed by atoms with Gasteiger partial charge in [0.25, 0.3) is 11.8 Å². The summed E-state index contributed by atoms with van der Waals surface area (Å²) in [5, 5.41) is 11.7. The molecular formula is C27H24N2O6. The Labute approximate surface area is 202 Å². The average Bonchev–Trinajstić information content (AvgIpc) is 2.84. The summed E-state index contributed by atoms with van der Waals surface area (Å²) in [5.41, 5.74) is 3.91. The SMILES string of the molecule is COc1cc(/C=C2\C(=O)NC(=O)N(c3ccc(O)cc3)C2=O)ccc1OCc1ccc(C)c(C)c1. The molecule has 0 atom stereocenters. The zero-order chi connectivity index (χ0) is 25.1. The van der Waals surface area contributed by atoms with Gasteiger partial charge >= 0.3 is 6.03 Å². The number of phenols is 1. The summed E-state index contributed by atoms with van der Waals surface area (Å²) in [6.45, 7) is 4.44. The number of urea groups is 1. The van der Waals surface area contributed by atoms with Crippen molar-refractivity contribution in [3.63, 3.8) is 0 Å². The monoisotopic (exact) mass is 472 g/mol. The second kappa shape index (κ2) is 9.72. The number of carbonyl (C=O) groups excluding carboxylic acids is 3. The number of aromatic hydroxyl groups is 1. The number of hydrogen-bond donors (Lipinski definition) is 2. The number of ether oxygens (including phenoxy) is 2. The van der Waals surface area contributed by atoms with E-state index < -0.39 is 17.8 Å². The number of nitrogens with zero attached hydrogens (tertiary/aromatic N) is 1. The van der Waals surface area contributed by atoms with Gasteiger partial charge in [-0.2, -0.15) is 0 Å². The molecule has 8 nitrogen and oxygen atoms in total. The van der Waals surface area contributed by atoms with E-state index >= 15 is 0 Å². The van der Waals surface area contributed by atoms with Crippen LogP contribution in [0.1, 0.15) is 22.3 Å². The topological polar surface area (TPSA) is 105 Å². The molecule has 0 radical (unpaired) electrons. The molecule has 1 fully saturated rings. The maximum absolute atomic E-state index is 13.0. The van der Waals surface area contributed by atoms with Crippen molar-refractivity contribution in [3.8, 4) is 17.2 Å². The fourth-order valence-electron chi connectivity index (χ4n) is 3.61. The van der Waals surface area contributed by atoms with Crippen LogP contribution in [0.5, 0.6) is 17.2 Å². The van der Waals surface area contributed by atoms with E-state index in [1.807, 2.05) is 26.0 Å². The molecule has 1 aliphatic heterocycles. The molecule has 4 amide bonds. The van der Waals surface area contributed by atoms with Gasteiger partial charge in [0.15, 0.2) is 11.5 Å². The zero-order valence-corrected chi connectivity index (χ0v) is 19.5. The number of hydrogen-bond acceptors (Lipinski definition) is 6. The smallest absolute Gasteiger partial charge is 0.335 e. The van der Waals surface area contributed by atoms with Gasteiger partial charge in [0.05, 0.1) is 12.8 Å². The third kappa shape index (κ3) is 5.01. The van der Waals surface area contributed by atoms with Crippen LogP contribution >= 0.6 is 0 Å². The number of anilines is 1. The lowest BCUT2D eigenvalue weighted by atomic mass is 10.1. The van der Waals surface area contributed by atoms with Gasteiger partial charge in [-0.05, 0) is 78.6 Å². The molecule has 2 N–H and O–H groups in total. The van der Waals surface area contributed by atoms with Crippen LogP contribution < -0.4 is 19.7 Å². The maximum Gasteiger partial charge on any atom is 0.335 e. The second-order valence-corrected chi connectivity index (χ2v) is 8.09. The van der Waals surface area contributed by atoms with Crippen molar-refractivity contribution in [2.75, 3.05) is 12.0 Å². The molecule has 3 aromatic carbocycles. The predicted molar refractivity (Wildman–Crippen MR) is 130 cm³/mol. The zero-order valence-electron chi connectivity index (χ0n) is 19.5. The third-order valence-electron chi connectivity index (χ3n) is 5.67. The standard InChI is InChI=1S/C27H24N2O6/c1-16-4-5-19(12-17(16)2)15-35-23-11-6-18(14-24(23)34-3)13-22-25(31)28-27(33)29(26(22)32)20-7-9-21(30)10-8-20/h4-14,30H,15H2,1-3H3,(H,28,31,33)/b22-13+. The molecule has 35 heavy (non-hydrogen) atoms. The van der Waals surface area contributed by atoms with Gasteiger partial charge in [0.2, 0.25) is 0 Å². The number of nitrogens with one attached hydrogen (secondary N) is 1. The van der Waals surface area contributed by atoms with Crippen LogP contribution in [-0.2, 0) is 16.2 Å². The first-order chi connectivity index (χ1) is 16.8. The quantitative estimate of drug-likeness (QED) is 0.410. The Hall–Kier alpha value is -4.59. The molecule has 8 heteroatoms. The highest BCUT2D eigenvalue weighted by atomic mass is 16.5. The van der Waals surface area contributed by atoms with Gasteiger partial charge in [0.1, 0.15) is 17.9 Å². The molecule has 4 rings (SSSR count). The highest BCUT2D eigenvalue weighted by molar-refractivity contribution is 6.39. The highest BCUT2D eigenvalue weighted by Crippen LogP contribution is 2.31. The Bertz CT molecular complexity index is 1340. The molecule has 1 saturated heterocycles. The third-order valence-corrected chi connectivity index (χ3v) is 5.67. The van der Waals surface area contributed by atoms with E-state index in [0.717, 1.165) is 10.5 Å². The lowest BCUT2D eigenvalue weighted by Gasteiger charge is -2.26. The largest absolute Gasteiger partial charge is 0.508 e. The molecule has 0 aromatic heterocycles. The highest BCUT2D eigenvalue weighted by Gasteiger charge is 2.36. The minimum Gasteiger partial charge on any atom is -0.508 e. The summed E-state index contributed by atoms with van der Waals surface area (Å²) in [5.74, 6) is -0.661. The van der Waals surface area contributed by atoms with Crippen LogP contribution in [0, 0.1) is 13.8 Å². The molecule has 3 aromatic rings. The van der Waals surface area contributed by atoms with Gasteiger partial charge in [-0.3, -0.25) is 14.9 Å². The van der Waals surface area contributed by atoms with Crippen LogP contribution in [0.4, 0.5) is 10.5 Å². The van der Waals surface area contributed by atoms with E-state index in [0.29, 0.717) is 23.7 Å². The molecule has 0 aliphatic carbocycles. The van der Waals surface area contributed by atoms with Crippen molar-refractivity contribution >= 4 is 29.6 Å². The lowest BCUT2D eigenvalue weighted by molar-refractivity contribution is -0.122. The molecule has 0 spiro atoms. The normalized spacial score (nSPS) is 14.8. The van der Waals surface area contributed by atoms with Crippen molar-refractivity contribution in [2.45, 2.75) is 20.5 Å². The maximum atomic E-state index is 13.0. The average molecular weight is 472 g/mol. The number of methoxy groups -OCH3 is 1. The molecule has 0 unspecified atom stereocenters. The Morgan fingerprint density at radius 3 is 2.34 bits per heavy atom. The van der Waals surface area contributed by atoms with Crippen LogP contribution in [0.3, 0.4) is 0 Å². The van der Waals surface area contributed by atoms with E-state index in [9.17, 15) is 19.5 Å². The Morgan fingerprint density at radius 2 is 1.66 bits per heavy atom. The Kier molecular flexibility index (Phi) is 6.55. The van der Waals surface area contributed by atoms with E-state index in [-0.39, 0.29) is 17.0 Å². The van der Waals surface area contributed by atoms with Gasteiger partial charge in [-0.25, -0.2) is 9.69 Å². The number of imide groups is 2. The Morgan fingerprint density at radius 1 is 0.914 bits per heavy atom. The van der Waals surface area contributed by atoms with Gasteiger partial charge in [0, 0.05) is 0 Å². The fourth-order valence-corrected chi connectivity index (χ4v) is 3.61. The van der Waals surface area contributed by atoms with Crippen molar-refractivity contribution < 1.29 is 29.0 Å². The molecular weight excluding hydrogens is 448 g/mol. The molecule has 1 aliphatic rings. The number of aryl methyl sites for hydroxylation is 2. The van der Waals surface area contributed by atoms with Crippen LogP contribution in [0.2, 0.25) is 0 Å². The lowest BCUT2D eigenvalue weighted by Crippen LogP contribution is -2.54. The van der Waals surface area contributed by atoms with Crippen molar-refractivity contribution in [1.82, 2.24) is 5.32 Å². The second-order valence-electron chi connectivity index (χ2n) is 8.09. The summed E-state index contributed by atoms with van der Waals surface area (Å²) in [6.07, 6.45) is 1.38. The van der Waals surface area contributed by atoms with Crippen LogP contribution in [0.25, 0.3) is 6.08 Å². The number of benzene rings is 3. The van der Waals surface area contributed by atoms with Gasteiger partial charge < -0.3 is 14.6 Å². The van der Waals surface area contributed by atoms with Gasteiger partial charge in [-0.1, -0.05) is 24.3 Å². The number of rotatable bonds is 6.